The summed E-state index contributed by atoms with van der Waals surface area (Å²) in [4.78, 5) is 15.5. The second kappa shape index (κ2) is 8.74. The van der Waals surface area contributed by atoms with Crippen LogP contribution in [-0.4, -0.2) is 17.4 Å². The largest absolute Gasteiger partial charge is 0.356 e. The van der Waals surface area contributed by atoms with Gasteiger partial charge in [0.2, 0.25) is 5.91 Å². The molecular formula is C14H22N2O. The maximum absolute atomic E-state index is 11.5. The number of carbonyl (C=O) groups is 1. The van der Waals surface area contributed by atoms with Crippen LogP contribution in [0.1, 0.15) is 44.6 Å². The molecule has 0 aliphatic rings. The van der Waals surface area contributed by atoms with Gasteiger partial charge in [-0.3, -0.25) is 9.78 Å². The number of aromatic nitrogens is 1. The molecule has 1 N–H and O–H groups in total. The van der Waals surface area contributed by atoms with Crippen LogP contribution in [0.5, 0.6) is 0 Å². The molecule has 1 rings (SSSR count). The Bertz CT molecular complexity index is 311. The molecule has 0 fully saturated rings. The van der Waals surface area contributed by atoms with Gasteiger partial charge in [-0.1, -0.05) is 32.3 Å². The lowest BCUT2D eigenvalue weighted by molar-refractivity contribution is -0.121. The molecule has 1 amide bonds. The molecule has 3 heteroatoms. The van der Waals surface area contributed by atoms with Crippen LogP contribution >= 0.6 is 0 Å². The molecule has 3 nitrogen and oxygen atoms in total. The highest BCUT2D eigenvalue weighted by molar-refractivity contribution is 5.76. The predicted molar refractivity (Wildman–Crippen MR) is 69.7 cm³/mol. The van der Waals surface area contributed by atoms with Gasteiger partial charge in [-0.25, -0.2) is 0 Å². The van der Waals surface area contributed by atoms with Crippen molar-refractivity contribution in [2.45, 2.75) is 45.4 Å². The predicted octanol–water partition coefficient (Wildman–Crippen LogP) is 2.71. The van der Waals surface area contributed by atoms with Gasteiger partial charge in [0.05, 0.1) is 0 Å². The first-order valence-corrected chi connectivity index (χ1v) is 6.48. The summed E-state index contributed by atoms with van der Waals surface area (Å²) in [7, 11) is 0. The summed E-state index contributed by atoms with van der Waals surface area (Å²) in [5, 5.41) is 2.95. The molecular weight excluding hydrogens is 212 g/mol. The maximum Gasteiger partial charge on any atom is 0.220 e. The fourth-order valence-corrected chi connectivity index (χ4v) is 1.67. The maximum atomic E-state index is 11.5. The summed E-state index contributed by atoms with van der Waals surface area (Å²) < 4.78 is 0. The molecule has 1 aromatic heterocycles. The highest BCUT2D eigenvalue weighted by atomic mass is 16.1. The summed E-state index contributed by atoms with van der Waals surface area (Å²) in [6, 6.07) is 3.90. The van der Waals surface area contributed by atoms with E-state index < -0.39 is 0 Å². The molecule has 0 saturated carbocycles. The van der Waals surface area contributed by atoms with Crippen LogP contribution in [0.3, 0.4) is 0 Å². The van der Waals surface area contributed by atoms with Gasteiger partial charge < -0.3 is 5.32 Å². The number of nitrogens with zero attached hydrogens (tertiary/aromatic N) is 1. The Morgan fingerprint density at radius 2 is 2.24 bits per heavy atom. The minimum Gasteiger partial charge on any atom is -0.356 e. The van der Waals surface area contributed by atoms with Gasteiger partial charge in [-0.15, -0.1) is 0 Å². The Morgan fingerprint density at radius 3 is 2.94 bits per heavy atom. The SMILES string of the molecule is CCCCCCNC(=O)CCc1cccnc1. The average Bonchev–Trinajstić information content (AvgIpc) is 2.37. The first-order chi connectivity index (χ1) is 8.33. The van der Waals surface area contributed by atoms with Crippen LogP contribution in [-0.2, 0) is 11.2 Å². The van der Waals surface area contributed by atoms with E-state index in [0.29, 0.717) is 6.42 Å². The zero-order valence-electron chi connectivity index (χ0n) is 10.6. The third-order valence-corrected chi connectivity index (χ3v) is 2.72. The Labute approximate surface area is 104 Å². The fourth-order valence-electron chi connectivity index (χ4n) is 1.67. The lowest BCUT2D eigenvalue weighted by atomic mass is 10.1. The van der Waals surface area contributed by atoms with Gasteiger partial charge in [-0.05, 0) is 24.5 Å². The molecule has 17 heavy (non-hydrogen) atoms. The lowest BCUT2D eigenvalue weighted by Gasteiger charge is -2.04. The van der Waals surface area contributed by atoms with Crippen molar-refractivity contribution in [3.05, 3.63) is 30.1 Å². The Morgan fingerprint density at radius 1 is 1.35 bits per heavy atom. The zero-order chi connectivity index (χ0) is 12.3. The number of carbonyl (C=O) groups excluding carboxylic acids is 1. The number of amides is 1. The van der Waals surface area contributed by atoms with E-state index in [0.717, 1.165) is 24.9 Å². The van der Waals surface area contributed by atoms with Crippen LogP contribution in [0.2, 0.25) is 0 Å². The van der Waals surface area contributed by atoms with E-state index in [4.69, 9.17) is 0 Å². The topological polar surface area (TPSA) is 42.0 Å². The molecule has 1 heterocycles. The Hall–Kier alpha value is -1.38. The summed E-state index contributed by atoms with van der Waals surface area (Å²) in [5.41, 5.74) is 1.12. The molecule has 0 saturated heterocycles. The summed E-state index contributed by atoms with van der Waals surface area (Å²) in [6.07, 6.45) is 9.67. The van der Waals surface area contributed by atoms with Crippen molar-refractivity contribution >= 4 is 5.91 Å². The van der Waals surface area contributed by atoms with Gasteiger partial charge in [0, 0.05) is 25.4 Å². The third-order valence-electron chi connectivity index (χ3n) is 2.72. The second-order valence-electron chi connectivity index (χ2n) is 4.27. The van der Waals surface area contributed by atoms with Gasteiger partial charge in [0.15, 0.2) is 0 Å². The van der Waals surface area contributed by atoms with Crippen molar-refractivity contribution in [2.75, 3.05) is 6.54 Å². The van der Waals surface area contributed by atoms with E-state index >= 15 is 0 Å². The first-order valence-electron chi connectivity index (χ1n) is 6.48. The molecule has 0 aliphatic heterocycles. The van der Waals surface area contributed by atoms with Crippen molar-refractivity contribution < 1.29 is 4.79 Å². The number of hydrogen-bond acceptors (Lipinski definition) is 2. The van der Waals surface area contributed by atoms with Crippen molar-refractivity contribution in [1.29, 1.82) is 0 Å². The van der Waals surface area contributed by atoms with Gasteiger partial charge in [0.25, 0.3) is 0 Å². The smallest absolute Gasteiger partial charge is 0.220 e. The standard InChI is InChI=1S/C14H22N2O/c1-2-3-4-5-11-16-14(17)9-8-13-7-6-10-15-12-13/h6-7,10,12H,2-5,8-9,11H2,1H3,(H,16,17). The van der Waals surface area contributed by atoms with E-state index in [1.54, 1.807) is 6.20 Å². The summed E-state index contributed by atoms with van der Waals surface area (Å²) in [6.45, 7) is 3.00. The summed E-state index contributed by atoms with van der Waals surface area (Å²) >= 11 is 0. The van der Waals surface area contributed by atoms with E-state index in [-0.39, 0.29) is 5.91 Å². The van der Waals surface area contributed by atoms with Crippen molar-refractivity contribution in [1.82, 2.24) is 10.3 Å². The minimum atomic E-state index is 0.144. The lowest BCUT2D eigenvalue weighted by Crippen LogP contribution is -2.24. The van der Waals surface area contributed by atoms with E-state index in [1.807, 2.05) is 18.3 Å². The minimum absolute atomic E-state index is 0.144. The highest BCUT2D eigenvalue weighted by Gasteiger charge is 2.01. The number of nitrogens with one attached hydrogen (secondary N) is 1. The van der Waals surface area contributed by atoms with E-state index in [9.17, 15) is 4.79 Å². The molecule has 94 valence electrons. The number of unbranched alkanes of at least 4 members (excludes halogenated alkanes) is 3. The molecule has 0 atom stereocenters. The molecule has 0 spiro atoms. The number of aryl methyl sites for hydroxylation is 1. The normalized spacial score (nSPS) is 10.2. The zero-order valence-corrected chi connectivity index (χ0v) is 10.6. The van der Waals surface area contributed by atoms with E-state index in [2.05, 4.69) is 17.2 Å². The van der Waals surface area contributed by atoms with Crippen LogP contribution in [0, 0.1) is 0 Å². The first kappa shape index (κ1) is 13.7. The number of hydrogen-bond donors (Lipinski definition) is 1. The van der Waals surface area contributed by atoms with Crippen LogP contribution < -0.4 is 5.32 Å². The molecule has 0 unspecified atom stereocenters. The molecule has 0 aromatic carbocycles. The van der Waals surface area contributed by atoms with Gasteiger partial charge in [-0.2, -0.15) is 0 Å². The molecule has 0 bridgehead atoms. The monoisotopic (exact) mass is 234 g/mol. The Kier molecular flexibility index (Phi) is 7.03. The van der Waals surface area contributed by atoms with Crippen LogP contribution in [0.4, 0.5) is 0 Å². The third kappa shape index (κ3) is 6.72. The number of rotatable bonds is 8. The van der Waals surface area contributed by atoms with Gasteiger partial charge in [0.1, 0.15) is 0 Å². The van der Waals surface area contributed by atoms with Crippen molar-refractivity contribution in [2.24, 2.45) is 0 Å². The van der Waals surface area contributed by atoms with Crippen LogP contribution in [0.15, 0.2) is 24.5 Å². The molecule has 1 aromatic rings. The summed E-state index contributed by atoms with van der Waals surface area (Å²) in [5.74, 6) is 0.144. The van der Waals surface area contributed by atoms with Crippen molar-refractivity contribution in [3.8, 4) is 0 Å². The van der Waals surface area contributed by atoms with Crippen molar-refractivity contribution in [3.63, 3.8) is 0 Å². The second-order valence-corrected chi connectivity index (χ2v) is 4.27. The van der Waals surface area contributed by atoms with Gasteiger partial charge >= 0.3 is 0 Å². The van der Waals surface area contributed by atoms with Crippen LogP contribution in [0.25, 0.3) is 0 Å². The highest BCUT2D eigenvalue weighted by Crippen LogP contribution is 2.01. The van der Waals surface area contributed by atoms with E-state index in [1.165, 1.54) is 19.3 Å². The number of pyridine rings is 1. The Balaban J connectivity index is 2.05. The average molecular weight is 234 g/mol. The quantitative estimate of drug-likeness (QED) is 0.703. The molecule has 0 aliphatic carbocycles. The molecule has 0 radical (unpaired) electrons. The fraction of sp³-hybridized carbons (Fsp3) is 0.571.